The number of hydrogen-bond acceptors (Lipinski definition) is 2. The normalized spacial score (nSPS) is 12.0. The van der Waals surface area contributed by atoms with Crippen LogP contribution in [0.2, 0.25) is 0 Å². The van der Waals surface area contributed by atoms with E-state index in [9.17, 15) is 4.79 Å². The molecule has 5 aromatic carbocycles. The summed E-state index contributed by atoms with van der Waals surface area (Å²) >= 11 is 0. The maximum absolute atomic E-state index is 13.5. The molecule has 0 amide bonds. The number of hydrogen-bond donors (Lipinski definition) is 0. The Morgan fingerprint density at radius 2 is 1.32 bits per heavy atom. The van der Waals surface area contributed by atoms with Crippen LogP contribution in [0.15, 0.2) is 102 Å². The average molecular weight is 396 g/mol. The smallest absolute Gasteiger partial charge is 0.264 e. The summed E-state index contributed by atoms with van der Waals surface area (Å²) in [5.41, 5.74) is 4.58. The van der Waals surface area contributed by atoms with E-state index in [-0.39, 0.29) is 5.56 Å². The van der Waals surface area contributed by atoms with Crippen LogP contribution >= 0.6 is 0 Å². The molecule has 0 N–H and O–H groups in total. The SMILES string of the molecule is O=c1c2cccc3cccc(c32)c2nc3ccc(-c4ccc5ccccc5c4)cc3n12. The third-order valence-corrected chi connectivity index (χ3v) is 6.32. The fraction of sp³-hybridized carbons (Fsp3) is 0. The van der Waals surface area contributed by atoms with Crippen molar-refractivity contribution in [2.24, 2.45) is 0 Å². The molecule has 144 valence electrons. The van der Waals surface area contributed by atoms with Gasteiger partial charge in [0.1, 0.15) is 5.65 Å². The van der Waals surface area contributed by atoms with Crippen molar-refractivity contribution < 1.29 is 0 Å². The standard InChI is InChI=1S/C28H16N2O/c31-28-23-10-4-8-18-7-3-9-22(26(18)23)27-29-24-14-13-21(16-25(24)30(27)28)20-12-11-17-5-1-2-6-19(17)15-20/h1-16H. The average Bonchev–Trinajstić information content (AvgIpc) is 3.21. The summed E-state index contributed by atoms with van der Waals surface area (Å²) in [6.45, 7) is 0. The highest BCUT2D eigenvalue weighted by molar-refractivity contribution is 6.15. The first-order valence-electron chi connectivity index (χ1n) is 10.4. The molecule has 0 unspecified atom stereocenters. The Bertz CT molecular complexity index is 1860. The lowest BCUT2D eigenvalue weighted by Crippen LogP contribution is -2.13. The van der Waals surface area contributed by atoms with E-state index in [1.807, 2.05) is 36.4 Å². The molecule has 31 heavy (non-hydrogen) atoms. The van der Waals surface area contributed by atoms with Crippen LogP contribution in [-0.4, -0.2) is 9.38 Å². The lowest BCUT2D eigenvalue weighted by atomic mass is 10.0. The minimum Gasteiger partial charge on any atom is -0.268 e. The number of rotatable bonds is 1. The highest BCUT2D eigenvalue weighted by Gasteiger charge is 2.16. The number of pyridine rings is 1. The fourth-order valence-corrected chi connectivity index (χ4v) is 4.84. The molecule has 0 atom stereocenters. The van der Waals surface area contributed by atoms with Crippen LogP contribution in [0.1, 0.15) is 0 Å². The number of fused-ring (bicyclic) bond motifs is 5. The van der Waals surface area contributed by atoms with Crippen LogP contribution < -0.4 is 5.56 Å². The van der Waals surface area contributed by atoms with E-state index < -0.39 is 0 Å². The highest BCUT2D eigenvalue weighted by Crippen LogP contribution is 2.31. The van der Waals surface area contributed by atoms with Crippen LogP contribution in [0.4, 0.5) is 0 Å². The summed E-state index contributed by atoms with van der Waals surface area (Å²) in [7, 11) is 0. The van der Waals surface area contributed by atoms with Gasteiger partial charge in [0.15, 0.2) is 0 Å². The second kappa shape index (κ2) is 5.89. The van der Waals surface area contributed by atoms with Crippen molar-refractivity contribution in [3.8, 4) is 11.1 Å². The molecule has 0 bridgehead atoms. The van der Waals surface area contributed by atoms with E-state index in [4.69, 9.17) is 4.98 Å². The van der Waals surface area contributed by atoms with Crippen molar-refractivity contribution in [3.05, 3.63) is 107 Å². The van der Waals surface area contributed by atoms with Crippen molar-refractivity contribution in [2.45, 2.75) is 0 Å². The summed E-state index contributed by atoms with van der Waals surface area (Å²) in [6, 6.07) is 33.1. The van der Waals surface area contributed by atoms with E-state index in [1.165, 1.54) is 10.8 Å². The third-order valence-electron chi connectivity index (χ3n) is 6.32. The van der Waals surface area contributed by atoms with Crippen LogP contribution in [-0.2, 0) is 0 Å². The summed E-state index contributed by atoms with van der Waals surface area (Å²) in [6.07, 6.45) is 0. The Morgan fingerprint density at radius 3 is 2.19 bits per heavy atom. The van der Waals surface area contributed by atoms with E-state index >= 15 is 0 Å². The first-order valence-corrected chi connectivity index (χ1v) is 10.4. The minimum absolute atomic E-state index is 0.0162. The summed E-state index contributed by atoms with van der Waals surface area (Å²) in [5, 5.41) is 6.22. The van der Waals surface area contributed by atoms with Gasteiger partial charge in [0, 0.05) is 16.2 Å². The van der Waals surface area contributed by atoms with Gasteiger partial charge in [0.2, 0.25) is 0 Å². The first-order chi connectivity index (χ1) is 15.3. The van der Waals surface area contributed by atoms with Crippen molar-refractivity contribution in [1.29, 1.82) is 0 Å². The van der Waals surface area contributed by atoms with Crippen molar-refractivity contribution >= 4 is 49.0 Å². The molecule has 2 heterocycles. The van der Waals surface area contributed by atoms with Crippen LogP contribution in [0.5, 0.6) is 0 Å². The maximum atomic E-state index is 13.5. The first kappa shape index (κ1) is 16.5. The van der Waals surface area contributed by atoms with Gasteiger partial charge in [-0.15, -0.1) is 0 Å². The monoisotopic (exact) mass is 396 g/mol. The quantitative estimate of drug-likeness (QED) is 0.321. The predicted molar refractivity (Wildman–Crippen MR) is 128 cm³/mol. The Morgan fingerprint density at radius 1 is 0.613 bits per heavy atom. The van der Waals surface area contributed by atoms with Gasteiger partial charge >= 0.3 is 0 Å². The molecular formula is C28H16N2O. The fourth-order valence-electron chi connectivity index (χ4n) is 4.84. The van der Waals surface area contributed by atoms with Crippen LogP contribution in [0.25, 0.3) is 60.1 Å². The summed E-state index contributed by atoms with van der Waals surface area (Å²) in [5.74, 6) is 0. The van der Waals surface area contributed by atoms with Gasteiger partial charge < -0.3 is 0 Å². The molecule has 0 fully saturated rings. The zero-order chi connectivity index (χ0) is 20.5. The zero-order valence-electron chi connectivity index (χ0n) is 16.5. The lowest BCUT2D eigenvalue weighted by Gasteiger charge is -2.07. The van der Waals surface area contributed by atoms with E-state index in [2.05, 4.69) is 60.7 Å². The second-order valence-corrected chi connectivity index (χ2v) is 8.05. The van der Waals surface area contributed by atoms with E-state index in [0.717, 1.165) is 49.4 Å². The van der Waals surface area contributed by atoms with Crippen molar-refractivity contribution in [2.75, 3.05) is 0 Å². The predicted octanol–water partition coefficient (Wildman–Crippen LogP) is 6.41. The molecule has 3 heteroatoms. The van der Waals surface area contributed by atoms with Gasteiger partial charge in [-0.25, -0.2) is 4.98 Å². The van der Waals surface area contributed by atoms with Gasteiger partial charge in [0.05, 0.1) is 11.0 Å². The Hall–Kier alpha value is -4.24. The topological polar surface area (TPSA) is 34.4 Å². The molecule has 0 saturated heterocycles. The van der Waals surface area contributed by atoms with E-state index in [0.29, 0.717) is 0 Å². The largest absolute Gasteiger partial charge is 0.268 e. The van der Waals surface area contributed by atoms with Gasteiger partial charge in [-0.05, 0) is 51.6 Å². The molecule has 7 rings (SSSR count). The molecule has 0 aliphatic heterocycles. The van der Waals surface area contributed by atoms with Crippen molar-refractivity contribution in [3.63, 3.8) is 0 Å². The summed E-state index contributed by atoms with van der Waals surface area (Å²) in [4.78, 5) is 18.4. The zero-order valence-corrected chi connectivity index (χ0v) is 16.5. The van der Waals surface area contributed by atoms with Gasteiger partial charge in [0.25, 0.3) is 5.56 Å². The molecule has 0 saturated carbocycles. The lowest BCUT2D eigenvalue weighted by molar-refractivity contribution is 1.19. The molecule has 0 spiro atoms. The van der Waals surface area contributed by atoms with Crippen molar-refractivity contribution in [1.82, 2.24) is 9.38 Å². The van der Waals surface area contributed by atoms with Gasteiger partial charge in [-0.1, -0.05) is 72.8 Å². The molecule has 0 aliphatic rings. The molecule has 7 aromatic rings. The molecule has 2 aromatic heterocycles. The second-order valence-electron chi connectivity index (χ2n) is 8.05. The number of benzene rings is 5. The number of aromatic nitrogens is 2. The van der Waals surface area contributed by atoms with E-state index in [1.54, 1.807) is 4.40 Å². The Kier molecular flexibility index (Phi) is 3.15. The Labute approximate surface area is 177 Å². The molecule has 3 nitrogen and oxygen atoms in total. The minimum atomic E-state index is -0.0162. The van der Waals surface area contributed by atoms with Gasteiger partial charge in [-0.2, -0.15) is 0 Å². The van der Waals surface area contributed by atoms with Crippen LogP contribution in [0.3, 0.4) is 0 Å². The van der Waals surface area contributed by atoms with Crippen LogP contribution in [0, 0.1) is 0 Å². The summed E-state index contributed by atoms with van der Waals surface area (Å²) < 4.78 is 1.77. The maximum Gasteiger partial charge on any atom is 0.264 e. The Balaban J connectivity index is 1.58. The number of imidazole rings is 1. The molecule has 0 aliphatic carbocycles. The molecule has 0 radical (unpaired) electrons. The molecular weight excluding hydrogens is 380 g/mol. The van der Waals surface area contributed by atoms with Gasteiger partial charge in [-0.3, -0.25) is 9.20 Å². The number of nitrogens with zero attached hydrogens (tertiary/aromatic N) is 2. The highest BCUT2D eigenvalue weighted by atomic mass is 16.1. The third kappa shape index (κ3) is 2.23.